The van der Waals surface area contributed by atoms with Crippen molar-refractivity contribution in [2.45, 2.75) is 20.3 Å². The van der Waals surface area contributed by atoms with Crippen molar-refractivity contribution < 1.29 is 14.0 Å². The largest absolute Gasteiger partial charge is 0.326 e. The maximum Gasteiger partial charge on any atom is 0.226 e. The van der Waals surface area contributed by atoms with Crippen LogP contribution < -0.4 is 10.2 Å². The van der Waals surface area contributed by atoms with E-state index in [2.05, 4.69) is 5.32 Å². The van der Waals surface area contributed by atoms with Gasteiger partial charge in [-0.1, -0.05) is 29.3 Å². The predicted molar refractivity (Wildman–Crippen MR) is 93.9 cm³/mol. The molecule has 0 aromatic heterocycles. The molecule has 1 N–H and O–H groups in total. The van der Waals surface area contributed by atoms with Crippen molar-refractivity contribution in [1.82, 2.24) is 0 Å². The van der Waals surface area contributed by atoms with E-state index in [4.69, 9.17) is 11.6 Å². The van der Waals surface area contributed by atoms with Crippen LogP contribution in [0.15, 0.2) is 42.5 Å². The lowest BCUT2D eigenvalue weighted by molar-refractivity contribution is -0.117. The molecule has 0 saturated heterocycles. The lowest BCUT2D eigenvalue weighted by Gasteiger charge is -2.21. The standard InChI is InChI=1S/C18H18ClFN2O2/c1-12-3-6-15(7-4-12)22(13(2)23)10-9-18(24)21-14-5-8-17(20)16(19)11-14/h3-8,11H,9-10H2,1-2H3,(H,21,24). The monoisotopic (exact) mass is 348 g/mol. The summed E-state index contributed by atoms with van der Waals surface area (Å²) < 4.78 is 13.1. The van der Waals surface area contributed by atoms with Crippen molar-refractivity contribution in [1.29, 1.82) is 0 Å². The molecule has 0 bridgehead atoms. The predicted octanol–water partition coefficient (Wildman–Crippen LogP) is 4.17. The van der Waals surface area contributed by atoms with Gasteiger partial charge in [-0.15, -0.1) is 0 Å². The van der Waals surface area contributed by atoms with Crippen molar-refractivity contribution in [3.05, 3.63) is 58.9 Å². The summed E-state index contributed by atoms with van der Waals surface area (Å²) in [6.45, 7) is 3.67. The fourth-order valence-corrected chi connectivity index (χ4v) is 2.38. The topological polar surface area (TPSA) is 49.4 Å². The third-order valence-electron chi connectivity index (χ3n) is 3.49. The number of hydrogen-bond acceptors (Lipinski definition) is 2. The summed E-state index contributed by atoms with van der Waals surface area (Å²) in [5.74, 6) is -0.968. The molecular formula is C18H18ClFN2O2. The van der Waals surface area contributed by atoms with E-state index in [-0.39, 0.29) is 29.8 Å². The summed E-state index contributed by atoms with van der Waals surface area (Å²) in [7, 11) is 0. The quantitative estimate of drug-likeness (QED) is 0.881. The van der Waals surface area contributed by atoms with Gasteiger partial charge in [-0.05, 0) is 37.3 Å². The molecule has 24 heavy (non-hydrogen) atoms. The van der Waals surface area contributed by atoms with Crippen LogP contribution in [0.25, 0.3) is 0 Å². The van der Waals surface area contributed by atoms with E-state index in [0.717, 1.165) is 11.3 Å². The second kappa shape index (κ2) is 7.93. The highest BCUT2D eigenvalue weighted by Crippen LogP contribution is 2.20. The number of rotatable bonds is 5. The molecule has 0 fully saturated rings. The van der Waals surface area contributed by atoms with Gasteiger partial charge >= 0.3 is 0 Å². The Kier molecular flexibility index (Phi) is 5.93. The van der Waals surface area contributed by atoms with Crippen molar-refractivity contribution in [2.24, 2.45) is 0 Å². The first-order valence-electron chi connectivity index (χ1n) is 7.46. The third kappa shape index (κ3) is 4.80. The van der Waals surface area contributed by atoms with Gasteiger partial charge in [0.25, 0.3) is 0 Å². The van der Waals surface area contributed by atoms with Crippen LogP contribution in [0.5, 0.6) is 0 Å². The Labute approximate surface area is 145 Å². The number of nitrogens with zero attached hydrogens (tertiary/aromatic N) is 1. The minimum Gasteiger partial charge on any atom is -0.326 e. The summed E-state index contributed by atoms with van der Waals surface area (Å²) in [6, 6.07) is 11.5. The van der Waals surface area contributed by atoms with E-state index in [1.54, 1.807) is 0 Å². The van der Waals surface area contributed by atoms with Crippen LogP contribution in [0, 0.1) is 12.7 Å². The highest BCUT2D eigenvalue weighted by Gasteiger charge is 2.13. The number of halogens is 2. The number of hydrogen-bond donors (Lipinski definition) is 1. The first-order valence-corrected chi connectivity index (χ1v) is 7.84. The normalized spacial score (nSPS) is 10.3. The molecule has 4 nitrogen and oxygen atoms in total. The molecule has 2 rings (SSSR count). The van der Waals surface area contributed by atoms with Crippen LogP contribution in [0.3, 0.4) is 0 Å². The van der Waals surface area contributed by atoms with Crippen molar-refractivity contribution in [2.75, 3.05) is 16.8 Å². The van der Waals surface area contributed by atoms with Crippen LogP contribution in [0.1, 0.15) is 18.9 Å². The summed E-state index contributed by atoms with van der Waals surface area (Å²) in [4.78, 5) is 25.4. The molecule has 0 heterocycles. The molecule has 2 aromatic rings. The molecule has 0 aliphatic carbocycles. The highest BCUT2D eigenvalue weighted by molar-refractivity contribution is 6.31. The fourth-order valence-electron chi connectivity index (χ4n) is 2.20. The first kappa shape index (κ1) is 17.9. The number of benzene rings is 2. The molecule has 0 aliphatic heterocycles. The minimum atomic E-state index is -0.545. The van der Waals surface area contributed by atoms with Crippen molar-refractivity contribution in [3.8, 4) is 0 Å². The zero-order valence-electron chi connectivity index (χ0n) is 13.5. The lowest BCUT2D eigenvalue weighted by Crippen LogP contribution is -2.31. The molecule has 0 radical (unpaired) electrons. The second-order valence-electron chi connectivity index (χ2n) is 5.43. The highest BCUT2D eigenvalue weighted by atomic mass is 35.5. The Morgan fingerprint density at radius 1 is 1.17 bits per heavy atom. The van der Waals surface area contributed by atoms with Gasteiger partial charge in [0.05, 0.1) is 5.02 Å². The van der Waals surface area contributed by atoms with Gasteiger partial charge in [0.15, 0.2) is 0 Å². The van der Waals surface area contributed by atoms with Crippen LogP contribution in [0.4, 0.5) is 15.8 Å². The van der Waals surface area contributed by atoms with Gasteiger partial charge in [-0.2, -0.15) is 0 Å². The van der Waals surface area contributed by atoms with E-state index in [9.17, 15) is 14.0 Å². The number of anilines is 2. The molecule has 0 atom stereocenters. The smallest absolute Gasteiger partial charge is 0.226 e. The van der Waals surface area contributed by atoms with Gasteiger partial charge in [0.1, 0.15) is 5.82 Å². The summed E-state index contributed by atoms with van der Waals surface area (Å²) in [5, 5.41) is 2.58. The molecule has 0 saturated carbocycles. The zero-order chi connectivity index (χ0) is 17.7. The molecule has 2 amide bonds. The number of carbonyl (C=O) groups excluding carboxylic acids is 2. The number of carbonyl (C=O) groups is 2. The SMILES string of the molecule is CC(=O)N(CCC(=O)Nc1ccc(F)c(Cl)c1)c1ccc(C)cc1. The van der Waals surface area contributed by atoms with Gasteiger partial charge in [-0.25, -0.2) is 4.39 Å². The Balaban J connectivity index is 1.98. The molecule has 6 heteroatoms. The molecule has 2 aromatic carbocycles. The Morgan fingerprint density at radius 2 is 1.83 bits per heavy atom. The van der Waals surface area contributed by atoms with Crippen molar-refractivity contribution in [3.63, 3.8) is 0 Å². The molecule has 0 unspecified atom stereocenters. The number of nitrogens with one attached hydrogen (secondary N) is 1. The molecule has 126 valence electrons. The minimum absolute atomic E-state index is 0.0576. The van der Waals surface area contributed by atoms with E-state index < -0.39 is 5.82 Å². The first-order chi connectivity index (χ1) is 11.4. The molecule has 0 aliphatic rings. The second-order valence-corrected chi connectivity index (χ2v) is 5.84. The van der Waals surface area contributed by atoms with Crippen LogP contribution in [-0.4, -0.2) is 18.4 Å². The van der Waals surface area contributed by atoms with E-state index in [1.807, 2.05) is 31.2 Å². The summed E-state index contributed by atoms with van der Waals surface area (Å²) in [6.07, 6.45) is 0.114. The van der Waals surface area contributed by atoms with Crippen molar-refractivity contribution >= 4 is 34.8 Å². The summed E-state index contributed by atoms with van der Waals surface area (Å²) in [5.41, 5.74) is 2.25. The van der Waals surface area contributed by atoms with E-state index in [0.29, 0.717) is 5.69 Å². The lowest BCUT2D eigenvalue weighted by atomic mass is 10.2. The van der Waals surface area contributed by atoms with Gasteiger partial charge in [-0.3, -0.25) is 9.59 Å². The zero-order valence-corrected chi connectivity index (χ0v) is 14.2. The fraction of sp³-hybridized carbons (Fsp3) is 0.222. The number of aryl methyl sites for hydroxylation is 1. The maximum absolute atomic E-state index is 13.1. The average Bonchev–Trinajstić information content (AvgIpc) is 2.52. The van der Waals surface area contributed by atoms with Gasteiger partial charge in [0, 0.05) is 31.3 Å². The van der Waals surface area contributed by atoms with E-state index in [1.165, 1.54) is 30.0 Å². The molecular weight excluding hydrogens is 331 g/mol. The van der Waals surface area contributed by atoms with E-state index >= 15 is 0 Å². The Bertz CT molecular complexity index is 747. The van der Waals surface area contributed by atoms with Crippen LogP contribution in [-0.2, 0) is 9.59 Å². The third-order valence-corrected chi connectivity index (χ3v) is 3.78. The van der Waals surface area contributed by atoms with Gasteiger partial charge in [0.2, 0.25) is 11.8 Å². The average molecular weight is 349 g/mol. The van der Waals surface area contributed by atoms with Gasteiger partial charge < -0.3 is 10.2 Å². The number of amides is 2. The maximum atomic E-state index is 13.1. The Morgan fingerprint density at radius 3 is 2.42 bits per heavy atom. The summed E-state index contributed by atoms with van der Waals surface area (Å²) >= 11 is 5.68. The Hall–Kier alpha value is -2.40. The molecule has 0 spiro atoms. The van der Waals surface area contributed by atoms with Crippen LogP contribution >= 0.6 is 11.6 Å². The van der Waals surface area contributed by atoms with Crippen LogP contribution in [0.2, 0.25) is 5.02 Å².